The number of halogens is 3. The van der Waals surface area contributed by atoms with Crippen LogP contribution in [0.5, 0.6) is 0 Å². The quantitative estimate of drug-likeness (QED) is 0.466. The lowest BCUT2D eigenvalue weighted by molar-refractivity contribution is -0.384. The van der Waals surface area contributed by atoms with Crippen molar-refractivity contribution < 1.29 is 27.6 Å². The van der Waals surface area contributed by atoms with E-state index in [-0.39, 0.29) is 12.3 Å². The average Bonchev–Trinajstić information content (AvgIpc) is 2.54. The first-order valence-corrected chi connectivity index (χ1v) is 6.84. The van der Waals surface area contributed by atoms with E-state index < -0.39 is 34.7 Å². The number of carbonyl (C=O) groups excluding carboxylic acids is 1. The Labute approximate surface area is 138 Å². The first kappa shape index (κ1) is 18.2. The van der Waals surface area contributed by atoms with E-state index in [0.717, 1.165) is 12.3 Å². The van der Waals surface area contributed by atoms with Crippen molar-refractivity contribution in [2.75, 3.05) is 0 Å². The molecule has 0 N–H and O–H groups in total. The van der Waals surface area contributed by atoms with Crippen LogP contribution < -0.4 is 5.56 Å². The first-order chi connectivity index (χ1) is 11.7. The van der Waals surface area contributed by atoms with Gasteiger partial charge in [-0.1, -0.05) is 0 Å². The Balaban J connectivity index is 2.01. The van der Waals surface area contributed by atoms with Gasteiger partial charge in [0, 0.05) is 18.3 Å². The monoisotopic (exact) mass is 356 g/mol. The van der Waals surface area contributed by atoms with Crippen molar-refractivity contribution in [1.29, 1.82) is 0 Å². The zero-order valence-corrected chi connectivity index (χ0v) is 12.5. The maximum atomic E-state index is 12.6. The number of non-ortho nitro benzene ring substituents is 1. The highest BCUT2D eigenvalue weighted by Crippen LogP contribution is 2.25. The number of nitrogens with zero attached hydrogens (tertiary/aromatic N) is 2. The smallest absolute Gasteiger partial charge is 0.421 e. The minimum atomic E-state index is -4.82. The number of pyridine rings is 1. The fraction of sp³-hybridized carbons (Fsp3) is 0.200. The van der Waals surface area contributed by atoms with Crippen molar-refractivity contribution in [2.45, 2.75) is 19.3 Å². The van der Waals surface area contributed by atoms with Gasteiger partial charge in [0.05, 0.1) is 4.92 Å². The van der Waals surface area contributed by atoms with E-state index in [4.69, 9.17) is 4.74 Å². The number of ether oxygens (including phenoxy) is 1. The molecule has 0 saturated heterocycles. The topological polar surface area (TPSA) is 91.4 Å². The SMILES string of the molecule is O=C(Cn1cccc(C(F)(F)F)c1=O)OCc1ccc([N+](=O)[O-])cc1. The number of hydrogen-bond donors (Lipinski definition) is 0. The molecule has 0 spiro atoms. The van der Waals surface area contributed by atoms with Gasteiger partial charge in [0.15, 0.2) is 0 Å². The molecule has 2 aromatic rings. The number of rotatable bonds is 5. The maximum Gasteiger partial charge on any atom is 0.421 e. The third kappa shape index (κ3) is 4.66. The summed E-state index contributed by atoms with van der Waals surface area (Å²) in [5.74, 6) is -0.917. The van der Waals surface area contributed by atoms with Crippen LogP contribution in [-0.2, 0) is 28.9 Å². The number of esters is 1. The Kier molecular flexibility index (Phi) is 5.20. The Morgan fingerprint density at radius 3 is 2.40 bits per heavy atom. The van der Waals surface area contributed by atoms with Crippen LogP contribution in [-0.4, -0.2) is 15.5 Å². The normalized spacial score (nSPS) is 11.2. The number of aromatic nitrogens is 1. The highest BCUT2D eigenvalue weighted by atomic mass is 19.4. The highest BCUT2D eigenvalue weighted by molar-refractivity contribution is 5.69. The van der Waals surface area contributed by atoms with Crippen LogP contribution in [0.4, 0.5) is 18.9 Å². The molecule has 0 aliphatic rings. The molecule has 0 radical (unpaired) electrons. The number of nitro benzene ring substituents is 1. The van der Waals surface area contributed by atoms with Gasteiger partial charge in [0.1, 0.15) is 18.7 Å². The lowest BCUT2D eigenvalue weighted by Gasteiger charge is -2.10. The van der Waals surface area contributed by atoms with E-state index in [9.17, 15) is 32.9 Å². The van der Waals surface area contributed by atoms with Crippen molar-refractivity contribution in [2.24, 2.45) is 0 Å². The summed E-state index contributed by atoms with van der Waals surface area (Å²) < 4.78 is 43.4. The lowest BCUT2D eigenvalue weighted by atomic mass is 10.2. The molecule has 1 aromatic heterocycles. The summed E-state index contributed by atoms with van der Waals surface area (Å²) in [6, 6.07) is 6.83. The van der Waals surface area contributed by atoms with Gasteiger partial charge in [-0.15, -0.1) is 0 Å². The van der Waals surface area contributed by atoms with Crippen molar-refractivity contribution >= 4 is 11.7 Å². The maximum absolute atomic E-state index is 12.6. The van der Waals surface area contributed by atoms with Crippen molar-refractivity contribution in [3.8, 4) is 0 Å². The number of hydrogen-bond acceptors (Lipinski definition) is 5. The van der Waals surface area contributed by atoms with Crippen LogP contribution in [0.1, 0.15) is 11.1 Å². The molecule has 1 heterocycles. The zero-order chi connectivity index (χ0) is 18.6. The third-order valence-electron chi connectivity index (χ3n) is 3.17. The molecule has 10 heteroatoms. The van der Waals surface area contributed by atoms with E-state index in [0.29, 0.717) is 16.2 Å². The van der Waals surface area contributed by atoms with E-state index in [1.54, 1.807) is 0 Å². The van der Waals surface area contributed by atoms with Crippen LogP contribution in [0.15, 0.2) is 47.4 Å². The van der Waals surface area contributed by atoms with Crippen molar-refractivity contribution in [1.82, 2.24) is 4.57 Å². The second kappa shape index (κ2) is 7.16. The molecular weight excluding hydrogens is 345 g/mol. The summed E-state index contributed by atoms with van der Waals surface area (Å²) in [5.41, 5.74) is -2.40. The van der Waals surface area contributed by atoms with Crippen LogP contribution in [0.3, 0.4) is 0 Å². The molecule has 0 atom stereocenters. The van der Waals surface area contributed by atoms with E-state index in [1.165, 1.54) is 24.3 Å². The number of alkyl halides is 3. The Bertz CT molecular complexity index is 843. The molecule has 0 amide bonds. The fourth-order valence-corrected chi connectivity index (χ4v) is 1.94. The standard InChI is InChI=1S/C15H11F3N2O5/c16-15(17,18)12-2-1-7-19(14(12)22)8-13(21)25-9-10-3-5-11(6-4-10)20(23)24/h1-7H,8-9H2. The highest BCUT2D eigenvalue weighted by Gasteiger charge is 2.34. The van der Waals surface area contributed by atoms with Gasteiger partial charge in [-0.25, -0.2) is 0 Å². The molecule has 0 aliphatic carbocycles. The molecule has 0 aliphatic heterocycles. The van der Waals surface area contributed by atoms with Gasteiger partial charge >= 0.3 is 12.1 Å². The molecule has 132 valence electrons. The van der Waals surface area contributed by atoms with E-state index >= 15 is 0 Å². The second-order valence-corrected chi connectivity index (χ2v) is 4.94. The Hall–Kier alpha value is -3.17. The molecule has 0 unspecified atom stereocenters. The van der Waals surface area contributed by atoms with Gasteiger partial charge in [0.25, 0.3) is 11.2 Å². The first-order valence-electron chi connectivity index (χ1n) is 6.84. The van der Waals surface area contributed by atoms with Gasteiger partial charge in [-0.3, -0.25) is 19.7 Å². The van der Waals surface area contributed by atoms with Crippen LogP contribution in [0.25, 0.3) is 0 Å². The molecular formula is C15H11F3N2O5. The van der Waals surface area contributed by atoms with E-state index in [2.05, 4.69) is 0 Å². The number of nitro groups is 1. The predicted molar refractivity (Wildman–Crippen MR) is 78.6 cm³/mol. The molecule has 1 aromatic carbocycles. The summed E-state index contributed by atoms with van der Waals surface area (Å²) >= 11 is 0. The summed E-state index contributed by atoms with van der Waals surface area (Å²) in [6.45, 7) is -0.916. The van der Waals surface area contributed by atoms with Gasteiger partial charge in [0.2, 0.25) is 0 Å². The summed E-state index contributed by atoms with van der Waals surface area (Å²) in [6.07, 6.45) is -3.77. The summed E-state index contributed by atoms with van der Waals surface area (Å²) in [7, 11) is 0. The molecule has 0 bridgehead atoms. The van der Waals surface area contributed by atoms with Gasteiger partial charge < -0.3 is 9.30 Å². The minimum Gasteiger partial charge on any atom is -0.459 e. The van der Waals surface area contributed by atoms with Gasteiger partial charge in [-0.2, -0.15) is 13.2 Å². The molecule has 2 rings (SSSR count). The fourth-order valence-electron chi connectivity index (χ4n) is 1.94. The largest absolute Gasteiger partial charge is 0.459 e. The number of benzene rings is 1. The van der Waals surface area contributed by atoms with Crippen molar-refractivity contribution in [3.05, 3.63) is 74.2 Å². The van der Waals surface area contributed by atoms with Crippen molar-refractivity contribution in [3.63, 3.8) is 0 Å². The van der Waals surface area contributed by atoms with Crippen LogP contribution in [0, 0.1) is 10.1 Å². The second-order valence-electron chi connectivity index (χ2n) is 4.94. The van der Waals surface area contributed by atoms with E-state index in [1.807, 2.05) is 0 Å². The molecule has 25 heavy (non-hydrogen) atoms. The molecule has 0 saturated carbocycles. The summed E-state index contributed by atoms with van der Waals surface area (Å²) in [4.78, 5) is 33.3. The molecule has 7 nitrogen and oxygen atoms in total. The van der Waals surface area contributed by atoms with Crippen LogP contribution in [0.2, 0.25) is 0 Å². The zero-order valence-electron chi connectivity index (χ0n) is 12.5. The lowest BCUT2D eigenvalue weighted by Crippen LogP contribution is -2.30. The minimum absolute atomic E-state index is 0.134. The average molecular weight is 356 g/mol. The predicted octanol–water partition coefficient (Wildman–Crippen LogP) is 2.52. The van der Waals surface area contributed by atoms with Gasteiger partial charge in [-0.05, 0) is 29.8 Å². The molecule has 0 fully saturated rings. The Morgan fingerprint density at radius 2 is 1.84 bits per heavy atom. The Morgan fingerprint density at radius 1 is 1.20 bits per heavy atom. The van der Waals surface area contributed by atoms with Crippen LogP contribution >= 0.6 is 0 Å². The number of carbonyl (C=O) groups is 1. The summed E-state index contributed by atoms with van der Waals surface area (Å²) in [5, 5.41) is 10.5. The third-order valence-corrected chi connectivity index (χ3v) is 3.17.